The van der Waals surface area contributed by atoms with Gasteiger partial charge >= 0.3 is 0 Å². The van der Waals surface area contributed by atoms with Gasteiger partial charge < -0.3 is 9.32 Å². The lowest BCUT2D eigenvalue weighted by atomic mass is 10.1. The molecule has 0 unspecified atom stereocenters. The highest BCUT2D eigenvalue weighted by molar-refractivity contribution is 5.77. The van der Waals surface area contributed by atoms with E-state index in [4.69, 9.17) is 4.42 Å². The number of nitrogens with zero attached hydrogens (tertiary/aromatic N) is 2. The summed E-state index contributed by atoms with van der Waals surface area (Å²) in [5.41, 5.74) is 5.22. The van der Waals surface area contributed by atoms with Gasteiger partial charge in [0.05, 0.1) is 0 Å². The van der Waals surface area contributed by atoms with Gasteiger partial charge in [0.15, 0.2) is 5.58 Å². The maximum atomic E-state index is 5.83. The Kier molecular flexibility index (Phi) is 3.18. The highest BCUT2D eigenvalue weighted by atomic mass is 16.3. The molecular formula is C17H18N2O. The van der Waals surface area contributed by atoms with Crippen LogP contribution in [0.25, 0.3) is 22.6 Å². The van der Waals surface area contributed by atoms with E-state index < -0.39 is 0 Å². The molecule has 0 aliphatic rings. The van der Waals surface area contributed by atoms with Crippen LogP contribution in [0.5, 0.6) is 0 Å². The number of anilines is 1. The number of benzene rings is 2. The fourth-order valence-corrected chi connectivity index (χ4v) is 2.22. The third-order valence-electron chi connectivity index (χ3n) is 3.49. The van der Waals surface area contributed by atoms with Crippen molar-refractivity contribution in [2.24, 2.45) is 0 Å². The predicted molar refractivity (Wildman–Crippen MR) is 83.2 cm³/mol. The normalized spacial score (nSPS) is 10.9. The summed E-state index contributed by atoms with van der Waals surface area (Å²) >= 11 is 0. The first-order chi connectivity index (χ1) is 9.67. The molecule has 0 amide bonds. The minimum absolute atomic E-state index is 0.679. The maximum absolute atomic E-state index is 5.83. The Morgan fingerprint density at radius 2 is 1.80 bits per heavy atom. The molecule has 1 aromatic heterocycles. The van der Waals surface area contributed by atoms with Crippen molar-refractivity contribution in [3.63, 3.8) is 0 Å². The quantitative estimate of drug-likeness (QED) is 0.714. The van der Waals surface area contributed by atoms with Crippen LogP contribution in [0.4, 0.5) is 5.69 Å². The van der Waals surface area contributed by atoms with Crippen LogP contribution in [-0.4, -0.2) is 19.1 Å². The summed E-state index contributed by atoms with van der Waals surface area (Å²) in [5, 5.41) is 0. The molecule has 3 heteroatoms. The van der Waals surface area contributed by atoms with E-state index in [9.17, 15) is 0 Å². The molecular weight excluding hydrogens is 248 g/mol. The molecule has 3 nitrogen and oxygen atoms in total. The molecule has 0 aliphatic heterocycles. The van der Waals surface area contributed by atoms with Crippen LogP contribution in [-0.2, 0) is 6.42 Å². The molecule has 20 heavy (non-hydrogen) atoms. The van der Waals surface area contributed by atoms with Gasteiger partial charge in [-0.25, -0.2) is 4.98 Å². The second kappa shape index (κ2) is 5.00. The Morgan fingerprint density at radius 3 is 2.45 bits per heavy atom. The van der Waals surface area contributed by atoms with Crippen molar-refractivity contribution in [2.75, 3.05) is 19.0 Å². The minimum atomic E-state index is 0.679. The Balaban J connectivity index is 2.01. The van der Waals surface area contributed by atoms with Gasteiger partial charge in [-0.3, -0.25) is 0 Å². The Morgan fingerprint density at radius 1 is 1.05 bits per heavy atom. The standard InChI is InChI=1S/C17H18N2O/c1-4-12-5-10-16-15(11-12)18-17(20-16)13-6-8-14(9-7-13)19(2)3/h5-11H,4H2,1-3H3. The summed E-state index contributed by atoms with van der Waals surface area (Å²) in [6, 6.07) is 14.4. The molecule has 0 bridgehead atoms. The van der Waals surface area contributed by atoms with Gasteiger partial charge in [0, 0.05) is 25.3 Å². The Bertz CT molecular complexity index is 726. The van der Waals surface area contributed by atoms with Gasteiger partial charge in [0.1, 0.15) is 5.52 Å². The molecule has 0 aliphatic carbocycles. The van der Waals surface area contributed by atoms with Crippen molar-refractivity contribution in [1.29, 1.82) is 0 Å². The number of hydrogen-bond donors (Lipinski definition) is 0. The largest absolute Gasteiger partial charge is 0.436 e. The highest BCUT2D eigenvalue weighted by Crippen LogP contribution is 2.26. The SMILES string of the molecule is CCc1ccc2oc(-c3ccc(N(C)C)cc3)nc2c1. The highest BCUT2D eigenvalue weighted by Gasteiger charge is 2.08. The van der Waals surface area contributed by atoms with Crippen molar-refractivity contribution in [3.05, 3.63) is 48.0 Å². The van der Waals surface area contributed by atoms with E-state index in [1.807, 2.05) is 32.3 Å². The average Bonchev–Trinajstić information content (AvgIpc) is 2.90. The molecule has 1 heterocycles. The van der Waals surface area contributed by atoms with Gasteiger partial charge in [0.2, 0.25) is 5.89 Å². The summed E-state index contributed by atoms with van der Waals surface area (Å²) in [6.45, 7) is 2.14. The molecule has 0 fully saturated rings. The number of fused-ring (bicyclic) bond motifs is 1. The van der Waals surface area contributed by atoms with Gasteiger partial charge in [-0.05, 0) is 48.4 Å². The van der Waals surface area contributed by atoms with Crippen molar-refractivity contribution < 1.29 is 4.42 Å². The molecule has 0 saturated carbocycles. The van der Waals surface area contributed by atoms with E-state index in [-0.39, 0.29) is 0 Å². The number of hydrogen-bond acceptors (Lipinski definition) is 3. The first-order valence-corrected chi connectivity index (χ1v) is 6.84. The number of aromatic nitrogens is 1. The number of aryl methyl sites for hydroxylation is 1. The number of oxazole rings is 1. The summed E-state index contributed by atoms with van der Waals surface area (Å²) in [6.07, 6.45) is 1.01. The molecule has 0 saturated heterocycles. The van der Waals surface area contributed by atoms with Gasteiger partial charge in [0.25, 0.3) is 0 Å². The fraction of sp³-hybridized carbons (Fsp3) is 0.235. The first-order valence-electron chi connectivity index (χ1n) is 6.84. The molecule has 0 radical (unpaired) electrons. The van der Waals surface area contributed by atoms with E-state index in [0.717, 1.165) is 28.8 Å². The zero-order chi connectivity index (χ0) is 14.1. The lowest BCUT2D eigenvalue weighted by Gasteiger charge is -2.11. The zero-order valence-corrected chi connectivity index (χ0v) is 12.1. The number of rotatable bonds is 3. The average molecular weight is 266 g/mol. The van der Waals surface area contributed by atoms with Crippen LogP contribution < -0.4 is 4.90 Å². The van der Waals surface area contributed by atoms with Crippen LogP contribution in [0.2, 0.25) is 0 Å². The monoisotopic (exact) mass is 266 g/mol. The van der Waals surface area contributed by atoms with Crippen molar-refractivity contribution in [3.8, 4) is 11.5 Å². The van der Waals surface area contributed by atoms with Crippen LogP contribution in [0.1, 0.15) is 12.5 Å². The van der Waals surface area contributed by atoms with E-state index in [2.05, 4.69) is 41.1 Å². The lowest BCUT2D eigenvalue weighted by Crippen LogP contribution is -2.07. The van der Waals surface area contributed by atoms with Crippen LogP contribution in [0.15, 0.2) is 46.9 Å². The summed E-state index contributed by atoms with van der Waals surface area (Å²) in [4.78, 5) is 6.66. The van der Waals surface area contributed by atoms with Gasteiger partial charge in [-0.2, -0.15) is 0 Å². The second-order valence-corrected chi connectivity index (χ2v) is 5.12. The van der Waals surface area contributed by atoms with Crippen molar-refractivity contribution in [2.45, 2.75) is 13.3 Å². The third kappa shape index (κ3) is 2.27. The molecule has 3 rings (SSSR count). The summed E-state index contributed by atoms with van der Waals surface area (Å²) in [5.74, 6) is 0.679. The van der Waals surface area contributed by atoms with E-state index >= 15 is 0 Å². The topological polar surface area (TPSA) is 29.3 Å². The molecule has 3 aromatic rings. The zero-order valence-electron chi connectivity index (χ0n) is 12.1. The van der Waals surface area contributed by atoms with Crippen LogP contribution in [0, 0.1) is 0 Å². The molecule has 0 N–H and O–H groups in total. The minimum Gasteiger partial charge on any atom is -0.436 e. The van der Waals surface area contributed by atoms with E-state index in [0.29, 0.717) is 5.89 Å². The Labute approximate surface area is 118 Å². The fourth-order valence-electron chi connectivity index (χ4n) is 2.22. The van der Waals surface area contributed by atoms with Gasteiger partial charge in [-0.1, -0.05) is 13.0 Å². The smallest absolute Gasteiger partial charge is 0.227 e. The lowest BCUT2D eigenvalue weighted by molar-refractivity contribution is 0.620. The molecule has 2 aromatic carbocycles. The second-order valence-electron chi connectivity index (χ2n) is 5.12. The van der Waals surface area contributed by atoms with Gasteiger partial charge in [-0.15, -0.1) is 0 Å². The first kappa shape index (κ1) is 12.7. The Hall–Kier alpha value is -2.29. The summed E-state index contributed by atoms with van der Waals surface area (Å²) < 4.78 is 5.83. The van der Waals surface area contributed by atoms with Crippen molar-refractivity contribution >= 4 is 16.8 Å². The van der Waals surface area contributed by atoms with Crippen LogP contribution >= 0.6 is 0 Å². The molecule has 102 valence electrons. The van der Waals surface area contributed by atoms with E-state index in [1.54, 1.807) is 0 Å². The van der Waals surface area contributed by atoms with Crippen molar-refractivity contribution in [1.82, 2.24) is 4.98 Å². The molecule has 0 atom stereocenters. The predicted octanol–water partition coefficient (Wildman–Crippen LogP) is 4.12. The summed E-state index contributed by atoms with van der Waals surface area (Å²) in [7, 11) is 4.06. The maximum Gasteiger partial charge on any atom is 0.227 e. The molecule has 0 spiro atoms. The third-order valence-corrected chi connectivity index (χ3v) is 3.49. The van der Waals surface area contributed by atoms with Crippen LogP contribution in [0.3, 0.4) is 0 Å². The van der Waals surface area contributed by atoms with E-state index in [1.165, 1.54) is 5.56 Å².